The van der Waals surface area contributed by atoms with E-state index in [4.69, 9.17) is 16.3 Å². The number of nitrogens with zero attached hydrogens (tertiary/aromatic N) is 5. The van der Waals surface area contributed by atoms with E-state index in [1.165, 1.54) is 28.8 Å². The van der Waals surface area contributed by atoms with E-state index in [2.05, 4.69) is 14.9 Å². The second kappa shape index (κ2) is 9.07. The summed E-state index contributed by atoms with van der Waals surface area (Å²) in [6.45, 7) is 5.40. The summed E-state index contributed by atoms with van der Waals surface area (Å²) in [6, 6.07) is 6.21. The topological polar surface area (TPSA) is 95.9 Å². The summed E-state index contributed by atoms with van der Waals surface area (Å²) in [6.07, 6.45) is 1.53. The molecule has 0 spiro atoms. The zero-order chi connectivity index (χ0) is 22.0. The average Bonchev–Trinajstić information content (AvgIpc) is 2.79. The van der Waals surface area contributed by atoms with Gasteiger partial charge >= 0.3 is 0 Å². The second-order valence-electron chi connectivity index (χ2n) is 7.45. The molecule has 2 saturated heterocycles. The van der Waals surface area contributed by atoms with Crippen LogP contribution in [0.5, 0.6) is 0 Å². The fourth-order valence-corrected chi connectivity index (χ4v) is 5.32. The van der Waals surface area contributed by atoms with Gasteiger partial charge in [-0.05, 0) is 25.1 Å². The maximum atomic E-state index is 13.1. The van der Waals surface area contributed by atoms with E-state index in [0.717, 1.165) is 11.5 Å². The van der Waals surface area contributed by atoms with Crippen LogP contribution in [0.1, 0.15) is 16.1 Å². The van der Waals surface area contributed by atoms with Gasteiger partial charge in [-0.2, -0.15) is 4.31 Å². The van der Waals surface area contributed by atoms with Crippen LogP contribution in [0.25, 0.3) is 0 Å². The highest BCUT2D eigenvalue weighted by atomic mass is 35.5. The van der Waals surface area contributed by atoms with Crippen molar-refractivity contribution in [1.29, 1.82) is 0 Å². The van der Waals surface area contributed by atoms with Crippen molar-refractivity contribution in [3.63, 3.8) is 0 Å². The molecule has 0 N–H and O–H groups in total. The first-order chi connectivity index (χ1) is 14.9. The van der Waals surface area contributed by atoms with Crippen LogP contribution >= 0.6 is 11.6 Å². The Kier molecular flexibility index (Phi) is 6.42. The number of sulfonamides is 1. The summed E-state index contributed by atoms with van der Waals surface area (Å²) in [5.41, 5.74) is 1.08. The Hall–Kier alpha value is -2.27. The summed E-state index contributed by atoms with van der Waals surface area (Å²) in [5, 5.41) is 0.236. The molecule has 4 rings (SSSR count). The number of piperazine rings is 1. The van der Waals surface area contributed by atoms with Crippen LogP contribution in [-0.4, -0.2) is 86.0 Å². The first-order valence-corrected chi connectivity index (χ1v) is 11.9. The lowest BCUT2D eigenvalue weighted by Gasteiger charge is -2.35. The predicted molar refractivity (Wildman–Crippen MR) is 116 cm³/mol. The highest BCUT2D eigenvalue weighted by molar-refractivity contribution is 7.89. The van der Waals surface area contributed by atoms with E-state index >= 15 is 0 Å². The number of carbonyl (C=O) groups is 1. The summed E-state index contributed by atoms with van der Waals surface area (Å²) < 4.78 is 32.5. The fourth-order valence-electron chi connectivity index (χ4n) is 3.69. The van der Waals surface area contributed by atoms with Crippen molar-refractivity contribution in [2.45, 2.75) is 11.8 Å². The number of ether oxygens (including phenoxy) is 1. The lowest BCUT2D eigenvalue weighted by Crippen LogP contribution is -2.49. The van der Waals surface area contributed by atoms with Crippen LogP contribution in [0.3, 0.4) is 0 Å². The number of carbonyl (C=O) groups excluding carboxylic acids is 1. The first kappa shape index (κ1) is 21.9. The Labute approximate surface area is 186 Å². The molecule has 0 atom stereocenters. The third-order valence-corrected chi connectivity index (χ3v) is 7.68. The number of hydrogen-bond donors (Lipinski definition) is 0. The quantitative estimate of drug-likeness (QED) is 0.673. The van der Waals surface area contributed by atoms with Crippen molar-refractivity contribution >= 4 is 33.3 Å². The number of benzene rings is 1. The van der Waals surface area contributed by atoms with E-state index in [1.807, 2.05) is 13.0 Å². The zero-order valence-corrected chi connectivity index (χ0v) is 18.8. The van der Waals surface area contributed by atoms with Gasteiger partial charge in [0.15, 0.2) is 0 Å². The van der Waals surface area contributed by atoms with Crippen LogP contribution < -0.4 is 4.90 Å². The number of aromatic nitrogens is 2. The molecule has 2 aliphatic rings. The van der Waals surface area contributed by atoms with Gasteiger partial charge in [0.2, 0.25) is 10.0 Å². The van der Waals surface area contributed by atoms with Crippen LogP contribution in [0.4, 0.5) is 5.82 Å². The van der Waals surface area contributed by atoms with Crippen molar-refractivity contribution in [2.24, 2.45) is 0 Å². The minimum Gasteiger partial charge on any atom is -0.379 e. The Morgan fingerprint density at radius 3 is 2.42 bits per heavy atom. The molecule has 1 amide bonds. The van der Waals surface area contributed by atoms with Crippen molar-refractivity contribution in [3.05, 3.63) is 46.9 Å². The number of morpholine rings is 1. The number of anilines is 1. The Bertz CT molecular complexity index is 1070. The average molecular weight is 466 g/mol. The molecule has 2 aliphatic heterocycles. The molecule has 0 aliphatic carbocycles. The van der Waals surface area contributed by atoms with Gasteiger partial charge in [0.1, 0.15) is 12.1 Å². The van der Waals surface area contributed by atoms with E-state index in [-0.39, 0.29) is 21.4 Å². The molecule has 2 fully saturated rings. The second-order valence-corrected chi connectivity index (χ2v) is 9.80. The fraction of sp³-hybridized carbons (Fsp3) is 0.450. The molecule has 31 heavy (non-hydrogen) atoms. The molecule has 166 valence electrons. The zero-order valence-electron chi connectivity index (χ0n) is 17.2. The van der Waals surface area contributed by atoms with Gasteiger partial charge in [-0.3, -0.25) is 4.79 Å². The van der Waals surface area contributed by atoms with Crippen LogP contribution in [-0.2, 0) is 14.8 Å². The normalized spacial score (nSPS) is 18.3. The standard InChI is InChI=1S/C20H24ClN5O4S/c1-15-12-19(23-14-22-15)24-4-6-25(7-5-24)20(27)17-13-16(2-3-18(17)21)31(28,29)26-8-10-30-11-9-26/h2-3,12-14H,4-11H2,1H3. The smallest absolute Gasteiger partial charge is 0.255 e. The van der Waals surface area contributed by atoms with E-state index in [1.54, 1.807) is 4.90 Å². The minimum atomic E-state index is -3.71. The largest absolute Gasteiger partial charge is 0.379 e. The van der Waals surface area contributed by atoms with Gasteiger partial charge in [-0.25, -0.2) is 18.4 Å². The lowest BCUT2D eigenvalue weighted by atomic mass is 10.1. The Balaban J connectivity index is 1.49. The van der Waals surface area contributed by atoms with E-state index in [0.29, 0.717) is 52.5 Å². The van der Waals surface area contributed by atoms with E-state index < -0.39 is 10.0 Å². The SMILES string of the molecule is Cc1cc(N2CCN(C(=O)c3cc(S(=O)(=O)N4CCOCC4)ccc3Cl)CC2)ncn1. The molecule has 9 nitrogen and oxygen atoms in total. The number of amides is 1. The van der Waals surface area contributed by atoms with Gasteiger partial charge in [0.25, 0.3) is 5.91 Å². The number of halogens is 1. The van der Waals surface area contributed by atoms with Crippen molar-refractivity contribution in [1.82, 2.24) is 19.2 Å². The predicted octanol–water partition coefficient (Wildman–Crippen LogP) is 1.42. The number of hydrogen-bond acceptors (Lipinski definition) is 7. The number of aryl methyl sites for hydroxylation is 1. The summed E-state index contributed by atoms with van der Waals surface area (Å²) in [4.78, 5) is 25.4. The van der Waals surface area contributed by atoms with Crippen LogP contribution in [0, 0.1) is 6.92 Å². The molecule has 0 saturated carbocycles. The minimum absolute atomic E-state index is 0.0669. The highest BCUT2D eigenvalue weighted by Crippen LogP contribution is 2.25. The monoisotopic (exact) mass is 465 g/mol. The molecule has 0 radical (unpaired) electrons. The molecule has 1 aromatic heterocycles. The molecule has 1 aromatic carbocycles. The van der Waals surface area contributed by atoms with Gasteiger partial charge in [-0.1, -0.05) is 11.6 Å². The third-order valence-electron chi connectivity index (χ3n) is 5.46. The Morgan fingerprint density at radius 2 is 1.74 bits per heavy atom. The first-order valence-electron chi connectivity index (χ1n) is 10.1. The maximum Gasteiger partial charge on any atom is 0.255 e. The van der Waals surface area contributed by atoms with E-state index in [9.17, 15) is 13.2 Å². The molecule has 3 heterocycles. The maximum absolute atomic E-state index is 13.1. The highest BCUT2D eigenvalue weighted by Gasteiger charge is 2.29. The lowest BCUT2D eigenvalue weighted by molar-refractivity contribution is 0.0729. The summed E-state index contributed by atoms with van der Waals surface area (Å²) in [5.74, 6) is 0.554. The molecular weight excluding hydrogens is 442 g/mol. The Morgan fingerprint density at radius 1 is 1.03 bits per heavy atom. The molecule has 11 heteroatoms. The molecular formula is C20H24ClN5O4S. The van der Waals surface area contributed by atoms with Gasteiger partial charge in [0, 0.05) is 51.0 Å². The van der Waals surface area contributed by atoms with Crippen molar-refractivity contribution in [3.8, 4) is 0 Å². The summed E-state index contributed by atoms with van der Waals surface area (Å²) >= 11 is 6.28. The van der Waals surface area contributed by atoms with Gasteiger partial charge < -0.3 is 14.5 Å². The third kappa shape index (κ3) is 4.67. The van der Waals surface area contributed by atoms with Gasteiger partial charge in [-0.15, -0.1) is 0 Å². The van der Waals surface area contributed by atoms with Crippen molar-refractivity contribution < 1.29 is 17.9 Å². The van der Waals surface area contributed by atoms with Crippen LogP contribution in [0.15, 0.2) is 35.5 Å². The molecule has 0 unspecified atom stereocenters. The van der Waals surface area contributed by atoms with Crippen molar-refractivity contribution in [2.75, 3.05) is 57.4 Å². The number of rotatable bonds is 4. The van der Waals surface area contributed by atoms with Crippen LogP contribution in [0.2, 0.25) is 5.02 Å². The molecule has 2 aromatic rings. The molecule has 0 bridgehead atoms. The van der Waals surface area contributed by atoms with Gasteiger partial charge in [0.05, 0.1) is 28.7 Å². The summed E-state index contributed by atoms with van der Waals surface area (Å²) in [7, 11) is -3.71.